The minimum atomic E-state index is -1.78. The number of aliphatic hydroxyl groups is 8. The minimum Gasteiger partial charge on any atom is -0.394 e. The molecule has 0 aromatic rings. The van der Waals surface area contributed by atoms with Gasteiger partial charge in [0, 0.05) is 6.42 Å². The van der Waals surface area contributed by atoms with E-state index in [1.165, 1.54) is 366 Å². The number of carbonyl (C=O) groups excluding carboxylic acids is 1. The lowest BCUT2D eigenvalue weighted by Gasteiger charge is -2.46. The van der Waals surface area contributed by atoms with E-state index in [9.17, 15) is 45.6 Å². The lowest BCUT2D eigenvalue weighted by molar-refractivity contribution is -0.359. The number of rotatable bonds is 81. The Morgan fingerprint density at radius 3 is 0.944 bits per heavy atom. The van der Waals surface area contributed by atoms with Gasteiger partial charge in [0.15, 0.2) is 12.6 Å². The van der Waals surface area contributed by atoms with Crippen molar-refractivity contribution in [1.82, 2.24) is 5.32 Å². The van der Waals surface area contributed by atoms with E-state index in [1.807, 2.05) is 0 Å². The van der Waals surface area contributed by atoms with E-state index < -0.39 is 86.8 Å². The fraction of sp³-hybridized carbons (Fsp3) is 0.925. The Hall–Kier alpha value is -1.79. The molecule has 107 heavy (non-hydrogen) atoms. The van der Waals surface area contributed by atoms with Crippen LogP contribution in [0.4, 0.5) is 0 Å². The molecule has 2 saturated heterocycles. The Balaban J connectivity index is 1.53. The third-order valence-electron chi connectivity index (χ3n) is 23.1. The average Bonchev–Trinajstić information content (AvgIpc) is 0.789. The Labute approximate surface area is 659 Å². The molecule has 0 aliphatic carbocycles. The minimum absolute atomic E-state index is 0.195. The second-order valence-electron chi connectivity index (χ2n) is 33.1. The zero-order valence-electron chi connectivity index (χ0n) is 69.9. The number of allylic oxidation sites excluding steroid dienone is 6. The van der Waals surface area contributed by atoms with Gasteiger partial charge in [0.2, 0.25) is 5.91 Å². The van der Waals surface area contributed by atoms with E-state index in [0.717, 1.165) is 64.2 Å². The molecule has 0 saturated carbocycles. The molecule has 12 unspecified atom stereocenters. The van der Waals surface area contributed by atoms with Crippen LogP contribution in [0.15, 0.2) is 36.5 Å². The summed E-state index contributed by atoms with van der Waals surface area (Å²) in [6, 6.07) is -0.829. The summed E-state index contributed by atoms with van der Waals surface area (Å²) in [5.41, 5.74) is 0. The summed E-state index contributed by atoms with van der Waals surface area (Å²) in [5, 5.41) is 88.1. The predicted octanol–water partition coefficient (Wildman–Crippen LogP) is 23.1. The van der Waals surface area contributed by atoms with E-state index in [0.29, 0.717) is 12.8 Å². The van der Waals surface area contributed by atoms with Crippen molar-refractivity contribution in [1.29, 1.82) is 0 Å². The highest BCUT2D eigenvalue weighted by atomic mass is 16.7. The molecule has 0 radical (unpaired) electrons. The van der Waals surface area contributed by atoms with Gasteiger partial charge in [0.25, 0.3) is 0 Å². The molecule has 2 fully saturated rings. The van der Waals surface area contributed by atoms with Gasteiger partial charge in [0.1, 0.15) is 48.8 Å². The molecule has 14 heteroatoms. The van der Waals surface area contributed by atoms with Crippen molar-refractivity contribution in [2.24, 2.45) is 0 Å². The van der Waals surface area contributed by atoms with Gasteiger partial charge in [-0.25, -0.2) is 0 Å². The summed E-state index contributed by atoms with van der Waals surface area (Å²) in [7, 11) is 0. The molecule has 0 spiro atoms. The number of amides is 1. The molecule has 2 aliphatic rings. The van der Waals surface area contributed by atoms with Crippen LogP contribution in [0, 0.1) is 0 Å². The summed E-state index contributed by atoms with van der Waals surface area (Å²) in [6.45, 7) is 2.93. The molecule has 2 heterocycles. The van der Waals surface area contributed by atoms with Crippen LogP contribution < -0.4 is 5.32 Å². The average molecular weight is 1520 g/mol. The topological polar surface area (TPSA) is 228 Å². The zero-order chi connectivity index (χ0) is 77.2. The Bertz CT molecular complexity index is 1940. The maximum atomic E-state index is 13.5. The lowest BCUT2D eigenvalue weighted by atomic mass is 9.97. The molecular weight excluding hydrogens is 1340 g/mol. The summed E-state index contributed by atoms with van der Waals surface area (Å²) in [4.78, 5) is 13.5. The summed E-state index contributed by atoms with van der Waals surface area (Å²) >= 11 is 0. The van der Waals surface area contributed by atoms with E-state index in [-0.39, 0.29) is 12.5 Å². The Morgan fingerprint density at radius 1 is 0.336 bits per heavy atom. The summed E-state index contributed by atoms with van der Waals surface area (Å²) in [5.74, 6) is -0.195. The van der Waals surface area contributed by atoms with Crippen LogP contribution in [0.25, 0.3) is 0 Å². The van der Waals surface area contributed by atoms with Gasteiger partial charge in [-0.3, -0.25) is 4.79 Å². The number of aliphatic hydroxyl groups excluding tert-OH is 8. The Morgan fingerprint density at radius 2 is 0.617 bits per heavy atom. The van der Waals surface area contributed by atoms with Crippen LogP contribution >= 0.6 is 0 Å². The molecule has 2 rings (SSSR count). The molecule has 9 N–H and O–H groups in total. The first-order valence-corrected chi connectivity index (χ1v) is 46.7. The molecule has 14 nitrogen and oxygen atoms in total. The second-order valence-corrected chi connectivity index (χ2v) is 33.1. The number of unbranched alkanes of at least 4 members (excludes halogenated alkanes) is 62. The maximum absolute atomic E-state index is 13.5. The molecule has 0 aromatic heterocycles. The Kier molecular flexibility index (Phi) is 72.7. The van der Waals surface area contributed by atoms with E-state index in [1.54, 1.807) is 0 Å². The first-order valence-electron chi connectivity index (χ1n) is 46.7. The first kappa shape index (κ1) is 101. The number of ether oxygens (including phenoxy) is 4. The quantitative estimate of drug-likeness (QED) is 0.0204. The number of nitrogens with one attached hydrogen (secondary N) is 1. The van der Waals surface area contributed by atoms with Crippen LogP contribution in [0.3, 0.4) is 0 Å². The normalized spacial score (nSPS) is 21.3. The molecule has 12 atom stereocenters. The van der Waals surface area contributed by atoms with Gasteiger partial charge < -0.3 is 65.1 Å². The number of hydrogen-bond donors (Lipinski definition) is 9. The van der Waals surface area contributed by atoms with Crippen LogP contribution in [-0.4, -0.2) is 140 Å². The van der Waals surface area contributed by atoms with Crippen molar-refractivity contribution in [2.45, 2.75) is 530 Å². The monoisotopic (exact) mass is 1520 g/mol. The maximum Gasteiger partial charge on any atom is 0.220 e. The second kappa shape index (κ2) is 76.8. The highest BCUT2D eigenvalue weighted by Crippen LogP contribution is 2.31. The predicted molar refractivity (Wildman–Crippen MR) is 448 cm³/mol. The lowest BCUT2D eigenvalue weighted by Crippen LogP contribution is -2.65. The van der Waals surface area contributed by atoms with Crippen molar-refractivity contribution in [3.8, 4) is 0 Å². The number of hydrogen-bond acceptors (Lipinski definition) is 13. The van der Waals surface area contributed by atoms with E-state index >= 15 is 0 Å². The summed E-state index contributed by atoms with van der Waals surface area (Å²) < 4.78 is 23.0. The smallest absolute Gasteiger partial charge is 0.220 e. The fourth-order valence-electron chi connectivity index (χ4n) is 15.8. The van der Waals surface area contributed by atoms with Gasteiger partial charge >= 0.3 is 0 Å². The van der Waals surface area contributed by atoms with Crippen LogP contribution in [0.5, 0.6) is 0 Å². The van der Waals surface area contributed by atoms with Crippen molar-refractivity contribution in [2.75, 3.05) is 19.8 Å². The molecule has 0 bridgehead atoms. The first-order chi connectivity index (χ1) is 52.6. The van der Waals surface area contributed by atoms with Crippen LogP contribution in [0.1, 0.15) is 457 Å². The van der Waals surface area contributed by atoms with E-state index in [4.69, 9.17) is 18.9 Å². The third kappa shape index (κ3) is 58.7. The van der Waals surface area contributed by atoms with Gasteiger partial charge in [0.05, 0.1) is 32.0 Å². The fourth-order valence-corrected chi connectivity index (χ4v) is 15.8. The van der Waals surface area contributed by atoms with Gasteiger partial charge in [-0.05, 0) is 51.4 Å². The SMILES string of the molecule is CCCCCCC/C=C\C/C=C\C/C=C\CCCCCCCCCCCCCCCCCCCCCCCCCCCCC(=O)NC(COC1OC(CO)C(OC2OC(CO)C(O)C(O)C2O)C(O)C1O)C(O)CCCCCCCCCCCCCCCCCCCCCCCCCCCCCCCCCC. The molecule has 632 valence electrons. The van der Waals surface area contributed by atoms with Gasteiger partial charge in [-0.15, -0.1) is 0 Å². The van der Waals surface area contributed by atoms with Gasteiger partial charge in [-0.2, -0.15) is 0 Å². The molecule has 1 amide bonds. The van der Waals surface area contributed by atoms with Crippen LogP contribution in [0.2, 0.25) is 0 Å². The van der Waals surface area contributed by atoms with E-state index in [2.05, 4.69) is 55.6 Å². The van der Waals surface area contributed by atoms with Crippen molar-refractivity contribution in [3.05, 3.63) is 36.5 Å². The standard InChI is InChI=1S/C93H177NO13/c1-3-5-7-9-11-13-15-17-19-21-23-25-27-29-31-33-35-37-38-39-40-41-42-43-44-45-47-49-51-53-55-57-59-61-63-65-67-69-71-73-75-77-85(98)94-81(80-104-92-90(103)88(101)91(84(79-96)106-92)107-93-89(102)87(100)86(99)83(78-95)105-93)82(97)76-74-72-70-68-66-64-62-60-58-56-54-52-50-48-46-36-34-32-30-28-26-24-22-20-18-16-14-12-10-8-6-4-2/h15,17,21,23,27,29,81-84,86-93,95-97,99-103H,3-14,16,18-20,22,24-26,28,30-80H2,1-2H3,(H,94,98)/b17-15-,23-21-,29-27-. The highest BCUT2D eigenvalue weighted by Gasteiger charge is 2.51. The number of carbonyl (C=O) groups is 1. The molecule has 2 aliphatic heterocycles. The zero-order valence-corrected chi connectivity index (χ0v) is 69.9. The molecular formula is C93H177NO13. The summed E-state index contributed by atoms with van der Waals surface area (Å²) in [6.07, 6.45) is 86.6. The molecule has 0 aromatic carbocycles. The van der Waals surface area contributed by atoms with Crippen molar-refractivity contribution >= 4 is 5.91 Å². The largest absolute Gasteiger partial charge is 0.394 e. The van der Waals surface area contributed by atoms with Gasteiger partial charge in [-0.1, -0.05) is 436 Å². The van der Waals surface area contributed by atoms with Crippen molar-refractivity contribution in [3.63, 3.8) is 0 Å². The highest BCUT2D eigenvalue weighted by molar-refractivity contribution is 5.76. The third-order valence-corrected chi connectivity index (χ3v) is 23.1. The van der Waals surface area contributed by atoms with Crippen LogP contribution in [-0.2, 0) is 23.7 Å². The van der Waals surface area contributed by atoms with Crippen molar-refractivity contribution < 1.29 is 64.6 Å².